The van der Waals surface area contributed by atoms with E-state index in [2.05, 4.69) is 4.98 Å². The Balaban J connectivity index is 2.07. The lowest BCUT2D eigenvalue weighted by Gasteiger charge is -2.13. The second-order valence-corrected chi connectivity index (χ2v) is 5.31. The lowest BCUT2D eigenvalue weighted by molar-refractivity contribution is 0.204. The number of hydrogen-bond acceptors (Lipinski definition) is 4. The summed E-state index contributed by atoms with van der Waals surface area (Å²) in [6, 6.07) is 8.29. The standard InChI is InChI=1S/C14H15FN2OS/c1-9-6-10(14(16)17-7-9)12(18)8-19-13-5-3-2-4-11(13)15/h2-7,12,18H,8H2,1H3,(H2,16,17). The van der Waals surface area contributed by atoms with Crippen molar-refractivity contribution in [1.82, 2.24) is 4.98 Å². The Labute approximate surface area is 115 Å². The van der Waals surface area contributed by atoms with Gasteiger partial charge in [-0.15, -0.1) is 11.8 Å². The van der Waals surface area contributed by atoms with Crippen molar-refractivity contribution < 1.29 is 9.50 Å². The number of aliphatic hydroxyl groups is 1. The van der Waals surface area contributed by atoms with Crippen molar-refractivity contribution >= 4 is 17.6 Å². The number of benzene rings is 1. The van der Waals surface area contributed by atoms with Crippen LogP contribution in [0.2, 0.25) is 0 Å². The smallest absolute Gasteiger partial charge is 0.136 e. The van der Waals surface area contributed by atoms with Crippen LogP contribution in [0.1, 0.15) is 17.2 Å². The first-order valence-corrected chi connectivity index (χ1v) is 6.84. The molecular weight excluding hydrogens is 263 g/mol. The highest BCUT2D eigenvalue weighted by Crippen LogP contribution is 2.28. The molecule has 1 unspecified atom stereocenters. The molecule has 0 aliphatic rings. The van der Waals surface area contributed by atoms with Gasteiger partial charge in [-0.3, -0.25) is 0 Å². The van der Waals surface area contributed by atoms with E-state index in [1.807, 2.05) is 6.92 Å². The summed E-state index contributed by atoms with van der Waals surface area (Å²) in [4.78, 5) is 4.52. The fourth-order valence-corrected chi connectivity index (χ4v) is 2.59. The van der Waals surface area contributed by atoms with Crippen LogP contribution in [0.15, 0.2) is 41.4 Å². The first-order valence-electron chi connectivity index (χ1n) is 5.85. The van der Waals surface area contributed by atoms with Crippen molar-refractivity contribution in [3.05, 3.63) is 53.5 Å². The molecule has 0 fully saturated rings. The molecule has 5 heteroatoms. The SMILES string of the molecule is Cc1cnc(N)c(C(O)CSc2ccccc2F)c1. The number of nitrogens with two attached hydrogens (primary N) is 1. The van der Waals surface area contributed by atoms with Gasteiger partial charge < -0.3 is 10.8 Å². The minimum absolute atomic E-state index is 0.282. The predicted molar refractivity (Wildman–Crippen MR) is 75.5 cm³/mol. The van der Waals surface area contributed by atoms with Crippen LogP contribution in [0.25, 0.3) is 0 Å². The van der Waals surface area contributed by atoms with E-state index < -0.39 is 6.10 Å². The van der Waals surface area contributed by atoms with Gasteiger partial charge in [0.05, 0.1) is 6.10 Å². The number of nitrogen functional groups attached to an aromatic ring is 1. The summed E-state index contributed by atoms with van der Waals surface area (Å²) >= 11 is 1.26. The van der Waals surface area contributed by atoms with E-state index in [9.17, 15) is 9.50 Å². The molecule has 3 nitrogen and oxygen atoms in total. The second kappa shape index (κ2) is 6.04. The number of thioether (sulfide) groups is 1. The molecule has 0 radical (unpaired) electrons. The Kier molecular flexibility index (Phi) is 4.39. The van der Waals surface area contributed by atoms with E-state index in [0.29, 0.717) is 22.0 Å². The molecule has 0 aliphatic heterocycles. The molecule has 0 saturated carbocycles. The van der Waals surface area contributed by atoms with E-state index in [-0.39, 0.29) is 5.82 Å². The highest BCUT2D eigenvalue weighted by Gasteiger charge is 2.13. The van der Waals surface area contributed by atoms with Gasteiger partial charge in [0.2, 0.25) is 0 Å². The van der Waals surface area contributed by atoms with Gasteiger partial charge >= 0.3 is 0 Å². The van der Waals surface area contributed by atoms with E-state index >= 15 is 0 Å². The second-order valence-electron chi connectivity index (χ2n) is 4.24. The highest BCUT2D eigenvalue weighted by atomic mass is 32.2. The Morgan fingerprint density at radius 2 is 2.16 bits per heavy atom. The summed E-state index contributed by atoms with van der Waals surface area (Å²) < 4.78 is 13.4. The van der Waals surface area contributed by atoms with Crippen molar-refractivity contribution in [3.8, 4) is 0 Å². The molecule has 2 rings (SSSR count). The van der Waals surface area contributed by atoms with Crippen molar-refractivity contribution in [2.75, 3.05) is 11.5 Å². The van der Waals surface area contributed by atoms with Crippen LogP contribution in [-0.2, 0) is 0 Å². The Bertz CT molecular complexity index is 577. The fourth-order valence-electron chi connectivity index (χ4n) is 1.69. The number of anilines is 1. The van der Waals surface area contributed by atoms with Crippen molar-refractivity contribution in [3.63, 3.8) is 0 Å². The summed E-state index contributed by atoms with van der Waals surface area (Å²) in [7, 11) is 0. The summed E-state index contributed by atoms with van der Waals surface area (Å²) in [6.45, 7) is 1.88. The van der Waals surface area contributed by atoms with Crippen LogP contribution in [0.4, 0.5) is 10.2 Å². The van der Waals surface area contributed by atoms with Gasteiger partial charge in [0.1, 0.15) is 11.6 Å². The van der Waals surface area contributed by atoms with Crippen molar-refractivity contribution in [2.45, 2.75) is 17.9 Å². The first kappa shape index (κ1) is 13.8. The number of halogens is 1. The van der Waals surface area contributed by atoms with Gasteiger partial charge in [-0.25, -0.2) is 9.37 Å². The molecule has 0 saturated heterocycles. The van der Waals surface area contributed by atoms with Gasteiger partial charge in [-0.05, 0) is 30.7 Å². The number of hydrogen-bond donors (Lipinski definition) is 2. The maximum Gasteiger partial charge on any atom is 0.136 e. The largest absolute Gasteiger partial charge is 0.387 e. The number of nitrogens with zero attached hydrogens (tertiary/aromatic N) is 1. The molecular formula is C14H15FN2OS. The lowest BCUT2D eigenvalue weighted by Crippen LogP contribution is -2.07. The average Bonchev–Trinajstić information content (AvgIpc) is 2.40. The van der Waals surface area contributed by atoms with Gasteiger partial charge in [-0.2, -0.15) is 0 Å². The zero-order valence-electron chi connectivity index (χ0n) is 10.5. The fraction of sp³-hybridized carbons (Fsp3) is 0.214. The normalized spacial score (nSPS) is 12.4. The lowest BCUT2D eigenvalue weighted by atomic mass is 10.1. The molecule has 0 amide bonds. The van der Waals surface area contributed by atoms with Gasteiger partial charge in [0.25, 0.3) is 0 Å². The highest BCUT2D eigenvalue weighted by molar-refractivity contribution is 7.99. The molecule has 0 bridgehead atoms. The number of pyridine rings is 1. The minimum atomic E-state index is -0.767. The van der Waals surface area contributed by atoms with E-state index in [0.717, 1.165) is 5.56 Å². The molecule has 0 aliphatic carbocycles. The number of aliphatic hydroxyl groups excluding tert-OH is 1. The van der Waals surface area contributed by atoms with E-state index in [1.54, 1.807) is 30.5 Å². The van der Waals surface area contributed by atoms with Crippen LogP contribution in [0.3, 0.4) is 0 Å². The van der Waals surface area contributed by atoms with Crippen LogP contribution in [0.5, 0.6) is 0 Å². The monoisotopic (exact) mass is 278 g/mol. The molecule has 1 atom stereocenters. The van der Waals surface area contributed by atoms with Crippen molar-refractivity contribution in [1.29, 1.82) is 0 Å². The third-order valence-corrected chi connectivity index (χ3v) is 3.80. The van der Waals surface area contributed by atoms with Crippen LogP contribution >= 0.6 is 11.8 Å². The molecule has 100 valence electrons. The van der Waals surface area contributed by atoms with Crippen LogP contribution in [-0.4, -0.2) is 15.8 Å². The molecule has 0 spiro atoms. The summed E-state index contributed by atoms with van der Waals surface area (Å²) in [6.07, 6.45) is 0.882. The quantitative estimate of drug-likeness (QED) is 0.844. The molecule has 2 aromatic rings. The maximum atomic E-state index is 13.4. The molecule has 1 aromatic heterocycles. The third kappa shape index (κ3) is 3.45. The van der Waals surface area contributed by atoms with Gasteiger partial charge in [0.15, 0.2) is 0 Å². The first-order chi connectivity index (χ1) is 9.08. The maximum absolute atomic E-state index is 13.4. The van der Waals surface area contributed by atoms with E-state index in [4.69, 9.17) is 5.73 Å². The molecule has 1 aromatic carbocycles. The van der Waals surface area contributed by atoms with Gasteiger partial charge in [-0.1, -0.05) is 12.1 Å². The molecule has 1 heterocycles. The van der Waals surface area contributed by atoms with Crippen molar-refractivity contribution in [2.24, 2.45) is 0 Å². The summed E-state index contributed by atoms with van der Waals surface area (Å²) in [5, 5.41) is 10.1. The number of aryl methyl sites for hydroxylation is 1. The minimum Gasteiger partial charge on any atom is -0.387 e. The Hall–Kier alpha value is -1.59. The topological polar surface area (TPSA) is 59.1 Å². The Morgan fingerprint density at radius 3 is 2.89 bits per heavy atom. The number of rotatable bonds is 4. The predicted octanol–water partition coefficient (Wildman–Crippen LogP) is 2.94. The van der Waals surface area contributed by atoms with Crippen LogP contribution < -0.4 is 5.73 Å². The summed E-state index contributed by atoms with van der Waals surface area (Å²) in [5.41, 5.74) is 7.25. The molecule has 3 N–H and O–H groups in total. The Morgan fingerprint density at radius 1 is 1.42 bits per heavy atom. The third-order valence-electron chi connectivity index (χ3n) is 2.68. The number of aromatic nitrogens is 1. The zero-order valence-corrected chi connectivity index (χ0v) is 11.3. The van der Waals surface area contributed by atoms with E-state index in [1.165, 1.54) is 17.8 Å². The summed E-state index contributed by atoms with van der Waals surface area (Å²) in [5.74, 6) is 0.360. The zero-order chi connectivity index (χ0) is 13.8. The molecule has 19 heavy (non-hydrogen) atoms. The van der Waals surface area contributed by atoms with Gasteiger partial charge in [0, 0.05) is 22.4 Å². The average molecular weight is 278 g/mol. The van der Waals surface area contributed by atoms with Crippen LogP contribution in [0, 0.1) is 12.7 Å².